The average Bonchev–Trinajstić information content (AvgIpc) is 2.70. The Morgan fingerprint density at radius 2 is 1.83 bits per heavy atom. The van der Waals surface area contributed by atoms with E-state index in [1.165, 1.54) is 0 Å². The number of benzene rings is 2. The molecule has 0 aliphatic carbocycles. The zero-order chi connectivity index (χ0) is 21.0. The van der Waals surface area contributed by atoms with Gasteiger partial charge in [0.15, 0.2) is 0 Å². The Morgan fingerprint density at radius 3 is 2.41 bits per heavy atom. The number of nitrogens with one attached hydrogen (secondary N) is 1. The SMILES string of the molecule is CN(C)CC(NS(=O)(=O)c1ccc([C@H]2CCCCO2)cc1)c1ccc(Cl)c(Cl)c1. The van der Waals surface area contributed by atoms with Gasteiger partial charge >= 0.3 is 0 Å². The lowest BCUT2D eigenvalue weighted by Crippen LogP contribution is -2.35. The van der Waals surface area contributed by atoms with Crippen LogP contribution in [-0.2, 0) is 14.8 Å². The van der Waals surface area contributed by atoms with E-state index in [-0.39, 0.29) is 11.0 Å². The zero-order valence-electron chi connectivity index (χ0n) is 16.6. The van der Waals surface area contributed by atoms with Crippen LogP contribution in [0, 0.1) is 0 Å². The summed E-state index contributed by atoms with van der Waals surface area (Å²) in [6.45, 7) is 1.23. The summed E-state index contributed by atoms with van der Waals surface area (Å²) >= 11 is 12.1. The van der Waals surface area contributed by atoms with Gasteiger partial charge in [-0.2, -0.15) is 0 Å². The minimum Gasteiger partial charge on any atom is -0.374 e. The molecule has 0 aromatic heterocycles. The summed E-state index contributed by atoms with van der Waals surface area (Å²) in [6.07, 6.45) is 3.22. The van der Waals surface area contributed by atoms with Crippen LogP contribution in [0.3, 0.4) is 0 Å². The summed E-state index contributed by atoms with van der Waals surface area (Å²) < 4.78 is 34.6. The number of likely N-dealkylation sites (N-methyl/N-ethyl adjacent to an activating group) is 1. The van der Waals surface area contributed by atoms with Gasteiger partial charge < -0.3 is 9.64 Å². The third-order valence-corrected chi connectivity index (χ3v) is 7.16. The van der Waals surface area contributed by atoms with Crippen molar-refractivity contribution in [2.45, 2.75) is 36.3 Å². The van der Waals surface area contributed by atoms with E-state index in [4.69, 9.17) is 27.9 Å². The molecule has 3 rings (SSSR count). The Morgan fingerprint density at radius 1 is 1.10 bits per heavy atom. The molecule has 1 aliphatic heterocycles. The Hall–Kier alpha value is -1.15. The predicted molar refractivity (Wildman–Crippen MR) is 117 cm³/mol. The standard InChI is InChI=1S/C21H26Cl2N2O3S/c1-25(2)14-20(16-8-11-18(22)19(23)13-16)24-29(26,27)17-9-6-15(7-10-17)21-5-3-4-12-28-21/h6-11,13,20-21,24H,3-5,12,14H2,1-2H3/t20?,21-/m1/s1. The van der Waals surface area contributed by atoms with Crippen molar-refractivity contribution in [1.29, 1.82) is 0 Å². The summed E-state index contributed by atoms with van der Waals surface area (Å²) in [7, 11) is 0.0561. The van der Waals surface area contributed by atoms with E-state index >= 15 is 0 Å². The van der Waals surface area contributed by atoms with Gasteiger partial charge in [0.2, 0.25) is 10.0 Å². The lowest BCUT2D eigenvalue weighted by Gasteiger charge is -2.24. The van der Waals surface area contributed by atoms with Crippen molar-refractivity contribution in [3.63, 3.8) is 0 Å². The normalized spacial score (nSPS) is 18.7. The third-order valence-electron chi connectivity index (χ3n) is 4.93. The van der Waals surface area contributed by atoms with Gasteiger partial charge in [-0.25, -0.2) is 13.1 Å². The van der Waals surface area contributed by atoms with E-state index in [1.807, 2.05) is 31.1 Å². The van der Waals surface area contributed by atoms with Crippen molar-refractivity contribution >= 4 is 33.2 Å². The van der Waals surface area contributed by atoms with Gasteiger partial charge in [0.1, 0.15) is 0 Å². The van der Waals surface area contributed by atoms with Gasteiger partial charge in [0.05, 0.1) is 27.1 Å². The molecule has 8 heteroatoms. The first-order valence-electron chi connectivity index (χ1n) is 9.60. The first-order valence-corrected chi connectivity index (χ1v) is 11.8. The number of halogens is 2. The molecule has 0 saturated carbocycles. The average molecular weight is 457 g/mol. The quantitative estimate of drug-likeness (QED) is 0.648. The minimum atomic E-state index is -3.72. The van der Waals surface area contributed by atoms with Gasteiger partial charge in [-0.15, -0.1) is 0 Å². The summed E-state index contributed by atoms with van der Waals surface area (Å²) in [5.74, 6) is 0. The van der Waals surface area contributed by atoms with Gasteiger partial charge in [0, 0.05) is 13.2 Å². The molecule has 2 aromatic carbocycles. The van der Waals surface area contributed by atoms with Crippen LogP contribution in [0.25, 0.3) is 0 Å². The van der Waals surface area contributed by atoms with E-state index in [2.05, 4.69) is 4.72 Å². The van der Waals surface area contributed by atoms with Crippen molar-refractivity contribution in [1.82, 2.24) is 9.62 Å². The molecule has 0 spiro atoms. The Bertz CT molecular complexity index is 927. The minimum absolute atomic E-state index is 0.0474. The van der Waals surface area contributed by atoms with Crippen molar-refractivity contribution < 1.29 is 13.2 Å². The largest absolute Gasteiger partial charge is 0.374 e. The highest BCUT2D eigenvalue weighted by atomic mass is 35.5. The smallest absolute Gasteiger partial charge is 0.241 e. The van der Waals surface area contributed by atoms with Crippen LogP contribution in [0.15, 0.2) is 47.4 Å². The molecular weight excluding hydrogens is 431 g/mol. The van der Waals surface area contributed by atoms with E-state index in [0.29, 0.717) is 16.6 Å². The van der Waals surface area contributed by atoms with Crippen molar-refractivity contribution in [2.75, 3.05) is 27.2 Å². The number of sulfonamides is 1. The maximum absolute atomic E-state index is 13.0. The van der Waals surface area contributed by atoms with E-state index < -0.39 is 16.1 Å². The summed E-state index contributed by atoms with van der Waals surface area (Å²) in [5, 5.41) is 0.825. The van der Waals surface area contributed by atoms with Gasteiger partial charge in [-0.3, -0.25) is 0 Å². The van der Waals surface area contributed by atoms with Gasteiger partial charge in [0.25, 0.3) is 0 Å². The maximum atomic E-state index is 13.0. The lowest BCUT2D eigenvalue weighted by atomic mass is 10.0. The van der Waals surface area contributed by atoms with Crippen molar-refractivity contribution in [3.8, 4) is 0 Å². The number of nitrogens with zero attached hydrogens (tertiary/aromatic N) is 1. The van der Waals surface area contributed by atoms with E-state index in [0.717, 1.165) is 37.0 Å². The molecule has 1 fully saturated rings. The molecule has 5 nitrogen and oxygen atoms in total. The highest BCUT2D eigenvalue weighted by Crippen LogP contribution is 2.29. The molecule has 158 valence electrons. The molecule has 2 atom stereocenters. The van der Waals surface area contributed by atoms with Gasteiger partial charge in [-0.05, 0) is 68.8 Å². The van der Waals surface area contributed by atoms with Crippen LogP contribution in [-0.4, -0.2) is 40.6 Å². The highest BCUT2D eigenvalue weighted by molar-refractivity contribution is 7.89. The fourth-order valence-electron chi connectivity index (χ4n) is 3.43. The summed E-state index contributed by atoms with van der Waals surface area (Å²) in [6, 6.07) is 11.6. The van der Waals surface area contributed by atoms with Crippen molar-refractivity contribution in [3.05, 3.63) is 63.6 Å². The fraction of sp³-hybridized carbons (Fsp3) is 0.429. The molecule has 1 saturated heterocycles. The topological polar surface area (TPSA) is 58.6 Å². The molecule has 0 radical (unpaired) electrons. The number of hydrogen-bond acceptors (Lipinski definition) is 4. The highest BCUT2D eigenvalue weighted by Gasteiger charge is 2.23. The third kappa shape index (κ3) is 5.94. The van der Waals surface area contributed by atoms with Crippen LogP contribution in [0.4, 0.5) is 0 Å². The monoisotopic (exact) mass is 456 g/mol. The molecule has 0 amide bonds. The summed E-state index contributed by atoms with van der Waals surface area (Å²) in [5.41, 5.74) is 1.77. The lowest BCUT2D eigenvalue weighted by molar-refractivity contribution is 0.0149. The maximum Gasteiger partial charge on any atom is 0.241 e. The number of rotatable bonds is 7. The molecular formula is C21H26Cl2N2O3S. The molecule has 1 aliphatic rings. The summed E-state index contributed by atoms with van der Waals surface area (Å²) in [4.78, 5) is 2.14. The first-order chi connectivity index (χ1) is 13.8. The predicted octanol–water partition coefficient (Wildman–Crippen LogP) is 4.82. The molecule has 1 heterocycles. The fourth-order valence-corrected chi connectivity index (χ4v) is 4.95. The van der Waals surface area contributed by atoms with Crippen LogP contribution in [0.2, 0.25) is 10.0 Å². The van der Waals surface area contributed by atoms with E-state index in [9.17, 15) is 8.42 Å². The van der Waals surface area contributed by atoms with E-state index in [1.54, 1.807) is 30.3 Å². The van der Waals surface area contributed by atoms with Gasteiger partial charge in [-0.1, -0.05) is 41.4 Å². The molecule has 29 heavy (non-hydrogen) atoms. The Labute approximate surface area is 183 Å². The second-order valence-corrected chi connectivity index (χ2v) is 10.1. The van der Waals surface area contributed by atoms with Crippen molar-refractivity contribution in [2.24, 2.45) is 0 Å². The van der Waals surface area contributed by atoms with Crippen LogP contribution in [0.1, 0.15) is 42.5 Å². The molecule has 0 bridgehead atoms. The Balaban J connectivity index is 1.81. The number of hydrogen-bond donors (Lipinski definition) is 1. The molecule has 2 aromatic rings. The van der Waals surface area contributed by atoms with Crippen LogP contribution < -0.4 is 4.72 Å². The second-order valence-electron chi connectivity index (χ2n) is 7.53. The van der Waals surface area contributed by atoms with Crippen LogP contribution in [0.5, 0.6) is 0 Å². The number of ether oxygens (including phenoxy) is 1. The zero-order valence-corrected chi connectivity index (χ0v) is 18.9. The molecule has 1 N–H and O–H groups in total. The van der Waals surface area contributed by atoms with Crippen LogP contribution >= 0.6 is 23.2 Å². The second kappa shape index (κ2) is 9.77. The first kappa shape index (κ1) is 22.5. The Kier molecular flexibility index (Phi) is 7.59. The molecule has 1 unspecified atom stereocenters.